The molecule has 2 heterocycles. The molecule has 6 heteroatoms. The van der Waals surface area contributed by atoms with Crippen molar-refractivity contribution in [2.45, 2.75) is 26.3 Å². The molecule has 1 aliphatic rings. The maximum atomic E-state index is 12.1. The van der Waals surface area contributed by atoms with Gasteiger partial charge in [0.2, 0.25) is 5.91 Å². The highest BCUT2D eigenvalue weighted by atomic mass is 32.1. The highest BCUT2D eigenvalue weighted by molar-refractivity contribution is 7.09. The molecule has 1 saturated heterocycles. The third kappa shape index (κ3) is 3.17. The summed E-state index contributed by atoms with van der Waals surface area (Å²) in [5.74, 6) is 0.0171. The first-order valence-corrected chi connectivity index (χ1v) is 8.11. The van der Waals surface area contributed by atoms with Crippen LogP contribution in [0.5, 0.6) is 0 Å². The van der Waals surface area contributed by atoms with Crippen LogP contribution in [0.25, 0.3) is 0 Å². The zero-order chi connectivity index (χ0) is 15.5. The van der Waals surface area contributed by atoms with Crippen LogP contribution >= 0.6 is 11.3 Å². The number of benzene rings is 1. The summed E-state index contributed by atoms with van der Waals surface area (Å²) < 4.78 is 0. The molecule has 0 bridgehead atoms. The number of anilines is 1. The van der Waals surface area contributed by atoms with E-state index in [1.165, 1.54) is 11.3 Å². The molecule has 0 spiro atoms. The fourth-order valence-corrected chi connectivity index (χ4v) is 3.17. The Kier molecular flexibility index (Phi) is 4.20. The second-order valence-corrected chi connectivity index (χ2v) is 6.20. The Morgan fingerprint density at radius 3 is 2.73 bits per heavy atom. The van der Waals surface area contributed by atoms with Crippen LogP contribution in [0, 0.1) is 6.92 Å². The van der Waals surface area contributed by atoms with Gasteiger partial charge in [-0.3, -0.25) is 9.59 Å². The number of carbonyl (C=O) groups is 2. The number of amides is 2. The zero-order valence-electron chi connectivity index (χ0n) is 12.3. The van der Waals surface area contributed by atoms with E-state index >= 15 is 0 Å². The van der Waals surface area contributed by atoms with Gasteiger partial charge in [0.15, 0.2) is 0 Å². The molecular weight excluding hydrogens is 298 g/mol. The molecule has 0 radical (unpaired) electrons. The summed E-state index contributed by atoms with van der Waals surface area (Å²) in [5.41, 5.74) is 2.41. The molecule has 22 heavy (non-hydrogen) atoms. The van der Waals surface area contributed by atoms with Gasteiger partial charge in [-0.15, -0.1) is 11.3 Å². The summed E-state index contributed by atoms with van der Waals surface area (Å²) >= 11 is 1.54. The molecule has 2 amide bonds. The largest absolute Gasteiger partial charge is 0.346 e. The lowest BCUT2D eigenvalue weighted by molar-refractivity contribution is -0.117. The van der Waals surface area contributed by atoms with E-state index in [4.69, 9.17) is 0 Å². The zero-order valence-corrected chi connectivity index (χ0v) is 13.2. The van der Waals surface area contributed by atoms with E-state index in [1.54, 1.807) is 17.0 Å². The van der Waals surface area contributed by atoms with Crippen LogP contribution in [0.4, 0.5) is 5.69 Å². The predicted octanol–water partition coefficient (Wildman–Crippen LogP) is 2.51. The lowest BCUT2D eigenvalue weighted by Gasteiger charge is -2.15. The summed E-state index contributed by atoms with van der Waals surface area (Å²) in [4.78, 5) is 29.9. The molecule has 0 aliphatic carbocycles. The smallest absolute Gasteiger partial charge is 0.251 e. The van der Waals surface area contributed by atoms with Crippen LogP contribution < -0.4 is 10.2 Å². The average Bonchev–Trinajstić information content (AvgIpc) is 3.13. The van der Waals surface area contributed by atoms with Gasteiger partial charge in [0.1, 0.15) is 5.01 Å². The van der Waals surface area contributed by atoms with Gasteiger partial charge in [-0.05, 0) is 37.6 Å². The van der Waals surface area contributed by atoms with Crippen LogP contribution in [0.15, 0.2) is 29.6 Å². The summed E-state index contributed by atoms with van der Waals surface area (Å²) in [7, 11) is 0. The molecule has 1 aliphatic heterocycles. The van der Waals surface area contributed by atoms with Crippen molar-refractivity contribution in [1.82, 2.24) is 10.3 Å². The van der Waals surface area contributed by atoms with Gasteiger partial charge < -0.3 is 10.2 Å². The Hall–Kier alpha value is -2.21. The number of thiazole rings is 1. The van der Waals surface area contributed by atoms with Crippen molar-refractivity contribution in [1.29, 1.82) is 0 Å². The molecule has 2 aromatic rings. The number of carbonyl (C=O) groups excluding carboxylic acids is 2. The SMILES string of the molecule is Cc1csc(CNC(=O)c2ccc(N3CCCC3=O)cc2)n1. The fraction of sp³-hybridized carbons (Fsp3) is 0.312. The monoisotopic (exact) mass is 315 g/mol. The summed E-state index contributed by atoms with van der Waals surface area (Å²) in [6.45, 7) is 3.12. The Labute approximate surface area is 133 Å². The molecule has 3 rings (SSSR count). The van der Waals surface area contributed by atoms with E-state index < -0.39 is 0 Å². The number of hydrogen-bond acceptors (Lipinski definition) is 4. The normalized spacial score (nSPS) is 14.4. The average molecular weight is 315 g/mol. The third-order valence-corrected chi connectivity index (χ3v) is 4.55. The van der Waals surface area contributed by atoms with Crippen LogP contribution in [-0.4, -0.2) is 23.3 Å². The van der Waals surface area contributed by atoms with Crippen molar-refractivity contribution in [3.63, 3.8) is 0 Å². The highest BCUT2D eigenvalue weighted by Gasteiger charge is 2.21. The fourth-order valence-electron chi connectivity index (χ4n) is 2.46. The Balaban J connectivity index is 1.62. The summed E-state index contributed by atoms with van der Waals surface area (Å²) in [6, 6.07) is 7.16. The second-order valence-electron chi connectivity index (χ2n) is 5.26. The van der Waals surface area contributed by atoms with Crippen LogP contribution in [0.3, 0.4) is 0 Å². The molecule has 1 N–H and O–H groups in total. The standard InChI is InChI=1S/C16H17N3O2S/c1-11-10-22-14(18-11)9-17-16(21)12-4-6-13(7-5-12)19-8-2-3-15(19)20/h4-7,10H,2-3,8-9H2,1H3,(H,17,21). The summed E-state index contributed by atoms with van der Waals surface area (Å²) in [6.07, 6.45) is 1.50. The van der Waals surface area contributed by atoms with Crippen LogP contribution in [-0.2, 0) is 11.3 Å². The minimum absolute atomic E-state index is 0.132. The first-order chi connectivity index (χ1) is 10.6. The molecule has 114 valence electrons. The van der Waals surface area contributed by atoms with Gasteiger partial charge in [0, 0.05) is 35.3 Å². The van der Waals surface area contributed by atoms with Crippen molar-refractivity contribution in [2.75, 3.05) is 11.4 Å². The van der Waals surface area contributed by atoms with Crippen LogP contribution in [0.1, 0.15) is 33.9 Å². The molecule has 0 unspecified atom stereocenters. The molecule has 0 atom stereocenters. The topological polar surface area (TPSA) is 62.3 Å². The maximum absolute atomic E-state index is 12.1. The second kappa shape index (κ2) is 6.27. The minimum Gasteiger partial charge on any atom is -0.346 e. The molecular formula is C16H17N3O2S. The number of aromatic nitrogens is 1. The van der Waals surface area contributed by atoms with Crippen molar-refractivity contribution in [3.8, 4) is 0 Å². The van der Waals surface area contributed by atoms with Gasteiger partial charge in [0.05, 0.1) is 6.54 Å². The van der Waals surface area contributed by atoms with E-state index in [9.17, 15) is 9.59 Å². The van der Waals surface area contributed by atoms with Gasteiger partial charge in [-0.2, -0.15) is 0 Å². The van der Waals surface area contributed by atoms with Crippen molar-refractivity contribution in [3.05, 3.63) is 45.9 Å². The molecule has 0 saturated carbocycles. The maximum Gasteiger partial charge on any atom is 0.251 e. The quantitative estimate of drug-likeness (QED) is 0.943. The van der Waals surface area contributed by atoms with Gasteiger partial charge in [-0.1, -0.05) is 0 Å². The first-order valence-electron chi connectivity index (χ1n) is 7.23. The number of nitrogens with zero attached hydrogens (tertiary/aromatic N) is 2. The van der Waals surface area contributed by atoms with Crippen molar-refractivity contribution >= 4 is 28.8 Å². The van der Waals surface area contributed by atoms with E-state index in [2.05, 4.69) is 10.3 Å². The summed E-state index contributed by atoms with van der Waals surface area (Å²) in [5, 5.41) is 5.71. The van der Waals surface area contributed by atoms with Gasteiger partial charge in [0.25, 0.3) is 5.91 Å². The number of nitrogens with one attached hydrogen (secondary N) is 1. The number of aryl methyl sites for hydroxylation is 1. The van der Waals surface area contributed by atoms with Crippen molar-refractivity contribution < 1.29 is 9.59 Å². The van der Waals surface area contributed by atoms with E-state index in [0.29, 0.717) is 18.5 Å². The third-order valence-electron chi connectivity index (χ3n) is 3.58. The number of rotatable bonds is 4. The van der Waals surface area contributed by atoms with Crippen molar-refractivity contribution in [2.24, 2.45) is 0 Å². The van der Waals surface area contributed by atoms with Crippen LogP contribution in [0.2, 0.25) is 0 Å². The van der Waals surface area contributed by atoms with E-state index in [1.807, 2.05) is 24.4 Å². The highest BCUT2D eigenvalue weighted by Crippen LogP contribution is 2.21. The molecule has 5 nitrogen and oxygen atoms in total. The van der Waals surface area contributed by atoms with E-state index in [0.717, 1.165) is 29.4 Å². The minimum atomic E-state index is -0.132. The molecule has 1 fully saturated rings. The first kappa shape index (κ1) is 14.7. The lowest BCUT2D eigenvalue weighted by Crippen LogP contribution is -2.24. The van der Waals surface area contributed by atoms with Gasteiger partial charge in [-0.25, -0.2) is 4.98 Å². The Bertz CT molecular complexity index is 694. The Morgan fingerprint density at radius 1 is 1.36 bits per heavy atom. The molecule has 1 aromatic carbocycles. The Morgan fingerprint density at radius 2 is 2.14 bits per heavy atom. The predicted molar refractivity (Wildman–Crippen MR) is 86.1 cm³/mol. The lowest BCUT2D eigenvalue weighted by atomic mass is 10.2. The molecule has 1 aromatic heterocycles. The van der Waals surface area contributed by atoms with Gasteiger partial charge >= 0.3 is 0 Å². The number of hydrogen-bond donors (Lipinski definition) is 1. The van der Waals surface area contributed by atoms with E-state index in [-0.39, 0.29) is 11.8 Å².